The molecule has 0 saturated heterocycles. The van der Waals surface area contributed by atoms with E-state index in [1.54, 1.807) is 11.3 Å². The summed E-state index contributed by atoms with van der Waals surface area (Å²) < 4.78 is 1.19. The van der Waals surface area contributed by atoms with Gasteiger partial charge in [0.15, 0.2) is 0 Å². The third kappa shape index (κ3) is 4.07. The van der Waals surface area contributed by atoms with Crippen LogP contribution in [0.4, 0.5) is 0 Å². The van der Waals surface area contributed by atoms with Gasteiger partial charge in [-0.3, -0.25) is 0 Å². The van der Waals surface area contributed by atoms with E-state index in [0.717, 1.165) is 24.3 Å². The first-order valence-electron chi connectivity index (χ1n) is 6.10. The molecule has 0 aromatic carbocycles. The molecule has 0 spiro atoms. The lowest BCUT2D eigenvalue weighted by molar-refractivity contribution is 0.306. The second-order valence-corrected chi connectivity index (χ2v) is 6.81. The molecule has 16 heavy (non-hydrogen) atoms. The number of hydrogen-bond acceptors (Lipinski definition) is 4. The fraction of sp³-hybridized carbons (Fsp3) is 0.750. The topological polar surface area (TPSA) is 24.9 Å². The SMILES string of the molecule is CC1CCCC(NCCSc2nccs2)C1. The van der Waals surface area contributed by atoms with Gasteiger partial charge in [-0.2, -0.15) is 0 Å². The summed E-state index contributed by atoms with van der Waals surface area (Å²) in [5.41, 5.74) is 0. The van der Waals surface area contributed by atoms with E-state index in [-0.39, 0.29) is 0 Å². The van der Waals surface area contributed by atoms with Crippen molar-refractivity contribution in [1.29, 1.82) is 0 Å². The molecule has 0 amide bonds. The first-order chi connectivity index (χ1) is 7.84. The van der Waals surface area contributed by atoms with Crippen molar-refractivity contribution < 1.29 is 0 Å². The summed E-state index contributed by atoms with van der Waals surface area (Å²) in [5, 5.41) is 5.71. The molecule has 2 atom stereocenters. The van der Waals surface area contributed by atoms with Crippen LogP contribution in [0.2, 0.25) is 0 Å². The van der Waals surface area contributed by atoms with Crippen LogP contribution in [0.25, 0.3) is 0 Å². The zero-order valence-corrected chi connectivity index (χ0v) is 11.4. The van der Waals surface area contributed by atoms with Crippen LogP contribution in [0.15, 0.2) is 15.9 Å². The first kappa shape index (κ1) is 12.4. The van der Waals surface area contributed by atoms with Crippen LogP contribution in [0.3, 0.4) is 0 Å². The lowest BCUT2D eigenvalue weighted by Gasteiger charge is -2.27. The van der Waals surface area contributed by atoms with Crippen LogP contribution in [0, 0.1) is 5.92 Å². The van der Waals surface area contributed by atoms with Crippen molar-refractivity contribution in [3.63, 3.8) is 0 Å². The highest BCUT2D eigenvalue weighted by atomic mass is 32.2. The first-order valence-corrected chi connectivity index (χ1v) is 7.97. The number of nitrogens with zero attached hydrogens (tertiary/aromatic N) is 1. The molecule has 2 nitrogen and oxygen atoms in total. The average Bonchev–Trinajstić information content (AvgIpc) is 2.77. The highest BCUT2D eigenvalue weighted by Crippen LogP contribution is 2.24. The Hall–Kier alpha value is -0.0600. The van der Waals surface area contributed by atoms with E-state index in [1.165, 1.54) is 30.0 Å². The Balaban J connectivity index is 1.57. The molecule has 90 valence electrons. The van der Waals surface area contributed by atoms with E-state index in [1.807, 2.05) is 23.3 Å². The monoisotopic (exact) mass is 256 g/mol. The largest absolute Gasteiger partial charge is 0.313 e. The zero-order valence-electron chi connectivity index (χ0n) is 9.82. The highest BCUT2D eigenvalue weighted by Gasteiger charge is 2.17. The fourth-order valence-corrected chi connectivity index (χ4v) is 3.88. The molecule has 1 saturated carbocycles. The van der Waals surface area contributed by atoms with Crippen LogP contribution >= 0.6 is 23.1 Å². The van der Waals surface area contributed by atoms with Gasteiger partial charge in [0.2, 0.25) is 0 Å². The second-order valence-electron chi connectivity index (χ2n) is 4.57. The van der Waals surface area contributed by atoms with Gasteiger partial charge >= 0.3 is 0 Å². The predicted molar refractivity (Wildman–Crippen MR) is 72.3 cm³/mol. The van der Waals surface area contributed by atoms with Crippen molar-refractivity contribution in [2.75, 3.05) is 12.3 Å². The molecule has 2 unspecified atom stereocenters. The predicted octanol–water partition coefficient (Wildman–Crippen LogP) is 3.40. The molecule has 1 fully saturated rings. The van der Waals surface area contributed by atoms with Crippen LogP contribution in [-0.4, -0.2) is 23.3 Å². The lowest BCUT2D eigenvalue weighted by atomic mass is 9.87. The molecule has 0 radical (unpaired) electrons. The van der Waals surface area contributed by atoms with Gasteiger partial charge in [-0.05, 0) is 18.8 Å². The van der Waals surface area contributed by atoms with Crippen LogP contribution < -0.4 is 5.32 Å². The summed E-state index contributed by atoms with van der Waals surface area (Å²) >= 11 is 3.59. The molecule has 0 bridgehead atoms. The van der Waals surface area contributed by atoms with E-state index in [0.29, 0.717) is 0 Å². The van der Waals surface area contributed by atoms with E-state index >= 15 is 0 Å². The maximum atomic E-state index is 4.27. The number of thiazole rings is 1. The summed E-state index contributed by atoms with van der Waals surface area (Å²) in [6.07, 6.45) is 7.43. The van der Waals surface area contributed by atoms with Gasteiger partial charge < -0.3 is 5.32 Å². The van der Waals surface area contributed by atoms with Crippen molar-refractivity contribution in [3.8, 4) is 0 Å². The van der Waals surface area contributed by atoms with E-state index in [9.17, 15) is 0 Å². The molecule has 1 aliphatic rings. The van der Waals surface area contributed by atoms with E-state index in [4.69, 9.17) is 0 Å². The Bertz CT molecular complexity index is 287. The number of rotatable bonds is 5. The van der Waals surface area contributed by atoms with Crippen molar-refractivity contribution in [2.24, 2.45) is 5.92 Å². The summed E-state index contributed by atoms with van der Waals surface area (Å²) in [6, 6.07) is 0.764. The Kier molecular flexibility index (Phi) is 5.13. The smallest absolute Gasteiger partial charge is 0.149 e. The van der Waals surface area contributed by atoms with Gasteiger partial charge in [0.05, 0.1) is 0 Å². The quantitative estimate of drug-likeness (QED) is 0.645. The molecule has 0 aliphatic heterocycles. The number of nitrogens with one attached hydrogen (secondary N) is 1. The molecule has 2 rings (SSSR count). The Morgan fingerprint density at radius 3 is 3.25 bits per heavy atom. The normalized spacial score (nSPS) is 25.8. The minimum atomic E-state index is 0.764. The van der Waals surface area contributed by atoms with Crippen LogP contribution in [0.1, 0.15) is 32.6 Å². The van der Waals surface area contributed by atoms with Gasteiger partial charge in [-0.25, -0.2) is 4.98 Å². The molecule has 1 heterocycles. The van der Waals surface area contributed by atoms with Gasteiger partial charge in [0, 0.05) is 29.9 Å². The Labute approximate surface area is 106 Å². The van der Waals surface area contributed by atoms with E-state index in [2.05, 4.69) is 17.2 Å². The molecule has 1 aliphatic carbocycles. The average molecular weight is 256 g/mol. The minimum Gasteiger partial charge on any atom is -0.313 e. The van der Waals surface area contributed by atoms with Crippen LogP contribution in [0.5, 0.6) is 0 Å². The van der Waals surface area contributed by atoms with E-state index < -0.39 is 0 Å². The Morgan fingerprint density at radius 1 is 1.56 bits per heavy atom. The third-order valence-corrected chi connectivity index (χ3v) is 5.07. The summed E-state index contributed by atoms with van der Waals surface area (Å²) in [6.45, 7) is 3.49. The van der Waals surface area contributed by atoms with Gasteiger partial charge in [0.25, 0.3) is 0 Å². The summed E-state index contributed by atoms with van der Waals surface area (Å²) in [5.74, 6) is 2.05. The van der Waals surface area contributed by atoms with Crippen molar-refractivity contribution >= 4 is 23.1 Å². The molecule has 1 aromatic rings. The lowest BCUT2D eigenvalue weighted by Crippen LogP contribution is -2.34. The van der Waals surface area contributed by atoms with Gasteiger partial charge in [-0.15, -0.1) is 11.3 Å². The maximum Gasteiger partial charge on any atom is 0.149 e. The molecule has 1 aromatic heterocycles. The highest BCUT2D eigenvalue weighted by molar-refractivity contribution is 8.01. The zero-order chi connectivity index (χ0) is 11.2. The third-order valence-electron chi connectivity index (χ3n) is 3.11. The molecular weight excluding hydrogens is 236 g/mol. The number of aromatic nitrogens is 1. The van der Waals surface area contributed by atoms with Gasteiger partial charge in [-0.1, -0.05) is 31.5 Å². The summed E-state index contributed by atoms with van der Waals surface area (Å²) in [7, 11) is 0. The number of hydrogen-bond donors (Lipinski definition) is 1. The number of thioether (sulfide) groups is 1. The molecule has 4 heteroatoms. The summed E-state index contributed by atoms with van der Waals surface area (Å²) in [4.78, 5) is 4.27. The fourth-order valence-electron chi connectivity index (χ4n) is 2.30. The molecule has 1 N–H and O–H groups in total. The Morgan fingerprint density at radius 2 is 2.50 bits per heavy atom. The minimum absolute atomic E-state index is 0.764. The standard InChI is InChI=1S/C12H20N2S2/c1-10-3-2-4-11(9-10)13-5-7-15-12-14-6-8-16-12/h6,8,10-11,13H,2-5,7,9H2,1H3. The van der Waals surface area contributed by atoms with Crippen molar-refractivity contribution in [3.05, 3.63) is 11.6 Å². The second kappa shape index (κ2) is 6.62. The van der Waals surface area contributed by atoms with Crippen molar-refractivity contribution in [1.82, 2.24) is 10.3 Å². The van der Waals surface area contributed by atoms with Crippen molar-refractivity contribution in [2.45, 2.75) is 43.0 Å². The van der Waals surface area contributed by atoms with Gasteiger partial charge in [0.1, 0.15) is 4.34 Å². The van der Waals surface area contributed by atoms with Crippen LogP contribution in [-0.2, 0) is 0 Å². The molecular formula is C12H20N2S2. The maximum absolute atomic E-state index is 4.27.